The fraction of sp³-hybridized carbons (Fsp3) is 0.765. The molecule has 0 rings (SSSR count). The molecule has 0 saturated heterocycles. The molecule has 0 aliphatic carbocycles. The molecule has 162 valence electrons. The molecule has 0 radical (unpaired) electrons. The van der Waals surface area contributed by atoms with Crippen molar-refractivity contribution in [2.45, 2.75) is 57.7 Å². The summed E-state index contributed by atoms with van der Waals surface area (Å²) < 4.78 is 0. The number of hydrogen-bond acceptors (Lipinski definition) is 7. The molecule has 9 N–H and O–H groups in total. The molecule has 0 saturated carbocycles. The molecule has 0 fully saturated rings. The van der Waals surface area contributed by atoms with E-state index in [2.05, 4.69) is 16.0 Å². The molecule has 0 aliphatic heterocycles. The maximum absolute atomic E-state index is 12.3. The lowest BCUT2D eigenvalue weighted by Crippen LogP contribution is -2.54. The van der Waals surface area contributed by atoms with Crippen molar-refractivity contribution in [2.24, 2.45) is 17.4 Å². The quantitative estimate of drug-likeness (QED) is 0.156. The van der Waals surface area contributed by atoms with E-state index in [4.69, 9.17) is 21.7 Å². The normalized spacial score (nSPS) is 14.1. The van der Waals surface area contributed by atoms with Gasteiger partial charge in [-0.15, -0.1) is 0 Å². The number of amides is 3. The van der Waals surface area contributed by atoms with Crippen molar-refractivity contribution in [3.63, 3.8) is 0 Å². The summed E-state index contributed by atoms with van der Waals surface area (Å²) in [6.07, 6.45) is 1.73. The lowest BCUT2D eigenvalue weighted by atomic mass is 10.0. The van der Waals surface area contributed by atoms with Gasteiger partial charge < -0.3 is 37.6 Å². The average Bonchev–Trinajstić information content (AvgIpc) is 2.63. The van der Waals surface area contributed by atoms with Crippen LogP contribution in [0.4, 0.5) is 0 Å². The maximum Gasteiger partial charge on any atom is 0.326 e. The van der Waals surface area contributed by atoms with Gasteiger partial charge in [0.1, 0.15) is 18.1 Å². The second-order valence-electron chi connectivity index (χ2n) is 6.94. The zero-order valence-electron chi connectivity index (χ0n) is 16.4. The SMILES string of the molecule is CC(C)CC(NC(=O)CNC(=O)C(CCCCN)NC(=O)C(N)CO)C(=O)O. The van der Waals surface area contributed by atoms with Crippen LogP contribution in [0.2, 0.25) is 0 Å². The predicted octanol–water partition coefficient (Wildman–Crippen LogP) is -2.35. The third-order valence-electron chi connectivity index (χ3n) is 3.88. The molecule has 3 atom stereocenters. The van der Waals surface area contributed by atoms with Gasteiger partial charge in [-0.05, 0) is 38.1 Å². The number of aliphatic carboxylic acids is 1. The Bertz CT molecular complexity index is 528. The van der Waals surface area contributed by atoms with Crippen LogP contribution in [-0.4, -0.2) is 71.7 Å². The second kappa shape index (κ2) is 13.9. The topological polar surface area (TPSA) is 197 Å². The molecule has 3 unspecified atom stereocenters. The zero-order chi connectivity index (χ0) is 21.7. The lowest BCUT2D eigenvalue weighted by molar-refractivity contribution is -0.142. The van der Waals surface area contributed by atoms with Crippen molar-refractivity contribution in [1.82, 2.24) is 16.0 Å². The number of aliphatic hydroxyl groups excluding tert-OH is 1. The van der Waals surface area contributed by atoms with E-state index in [1.54, 1.807) is 0 Å². The molecule has 0 bridgehead atoms. The van der Waals surface area contributed by atoms with Crippen molar-refractivity contribution < 1.29 is 29.4 Å². The van der Waals surface area contributed by atoms with E-state index >= 15 is 0 Å². The van der Waals surface area contributed by atoms with Gasteiger partial charge in [0.25, 0.3) is 0 Å². The summed E-state index contributed by atoms with van der Waals surface area (Å²) in [4.78, 5) is 47.3. The molecule has 0 heterocycles. The number of rotatable bonds is 14. The maximum atomic E-state index is 12.3. The van der Waals surface area contributed by atoms with Gasteiger partial charge in [-0.2, -0.15) is 0 Å². The molecular weight excluding hydrogens is 370 g/mol. The Morgan fingerprint density at radius 1 is 1.00 bits per heavy atom. The van der Waals surface area contributed by atoms with Crippen molar-refractivity contribution in [3.05, 3.63) is 0 Å². The third kappa shape index (κ3) is 10.8. The number of carbonyl (C=O) groups excluding carboxylic acids is 3. The molecular formula is C17H33N5O6. The van der Waals surface area contributed by atoms with E-state index in [0.29, 0.717) is 19.4 Å². The monoisotopic (exact) mass is 403 g/mol. The van der Waals surface area contributed by atoms with Gasteiger partial charge in [-0.3, -0.25) is 14.4 Å². The minimum atomic E-state index is -1.17. The largest absolute Gasteiger partial charge is 0.480 e. The summed E-state index contributed by atoms with van der Waals surface area (Å²) >= 11 is 0. The van der Waals surface area contributed by atoms with Crippen molar-refractivity contribution >= 4 is 23.7 Å². The fourth-order valence-electron chi connectivity index (χ4n) is 2.35. The molecule has 3 amide bonds. The highest BCUT2D eigenvalue weighted by Crippen LogP contribution is 2.05. The van der Waals surface area contributed by atoms with Gasteiger partial charge in [0.15, 0.2) is 0 Å². The van der Waals surface area contributed by atoms with Crippen LogP contribution in [0.1, 0.15) is 39.5 Å². The van der Waals surface area contributed by atoms with Gasteiger partial charge >= 0.3 is 5.97 Å². The molecule has 0 aromatic rings. The summed E-state index contributed by atoms with van der Waals surface area (Å²) in [5.74, 6) is -3.04. The van der Waals surface area contributed by atoms with Crippen LogP contribution in [0.5, 0.6) is 0 Å². The van der Waals surface area contributed by atoms with E-state index in [-0.39, 0.29) is 18.8 Å². The van der Waals surface area contributed by atoms with Crippen molar-refractivity contribution in [3.8, 4) is 0 Å². The van der Waals surface area contributed by atoms with E-state index in [1.807, 2.05) is 13.8 Å². The standard InChI is InChI=1S/C17H33N5O6/c1-10(2)7-13(17(27)28)21-14(24)8-20-16(26)12(5-3-4-6-18)22-15(25)11(19)9-23/h10-13,23H,3-9,18-19H2,1-2H3,(H,20,26)(H,21,24)(H,22,25)(H,27,28). The molecule has 0 spiro atoms. The third-order valence-corrected chi connectivity index (χ3v) is 3.88. The van der Waals surface area contributed by atoms with E-state index in [1.165, 1.54) is 0 Å². The molecule has 0 aromatic heterocycles. The van der Waals surface area contributed by atoms with Crippen LogP contribution in [-0.2, 0) is 19.2 Å². The van der Waals surface area contributed by atoms with Crippen molar-refractivity contribution in [1.29, 1.82) is 0 Å². The van der Waals surface area contributed by atoms with Gasteiger partial charge in [0.05, 0.1) is 13.2 Å². The first-order valence-electron chi connectivity index (χ1n) is 9.29. The number of carboxylic acids is 1. The Kier molecular flexibility index (Phi) is 12.7. The predicted molar refractivity (Wildman–Crippen MR) is 102 cm³/mol. The van der Waals surface area contributed by atoms with Crippen LogP contribution in [0, 0.1) is 5.92 Å². The van der Waals surface area contributed by atoms with E-state index in [9.17, 15) is 19.2 Å². The van der Waals surface area contributed by atoms with Gasteiger partial charge in [-0.1, -0.05) is 13.8 Å². The van der Waals surface area contributed by atoms with Crippen LogP contribution in [0.3, 0.4) is 0 Å². The van der Waals surface area contributed by atoms with Crippen LogP contribution in [0.25, 0.3) is 0 Å². The molecule has 28 heavy (non-hydrogen) atoms. The van der Waals surface area contributed by atoms with E-state index in [0.717, 1.165) is 0 Å². The summed E-state index contributed by atoms with van der Waals surface area (Å²) in [6, 6.07) is -3.16. The minimum absolute atomic E-state index is 0.0638. The number of carboxylic acid groups (broad SMARTS) is 1. The number of unbranched alkanes of at least 4 members (excludes halogenated alkanes) is 1. The van der Waals surface area contributed by atoms with Crippen LogP contribution in [0.15, 0.2) is 0 Å². The Morgan fingerprint density at radius 3 is 2.14 bits per heavy atom. The molecule has 11 heteroatoms. The number of aliphatic hydroxyl groups is 1. The summed E-state index contributed by atoms with van der Waals surface area (Å²) in [7, 11) is 0. The minimum Gasteiger partial charge on any atom is -0.480 e. The Balaban J connectivity index is 4.75. The van der Waals surface area contributed by atoms with Crippen LogP contribution >= 0.6 is 0 Å². The highest BCUT2D eigenvalue weighted by atomic mass is 16.4. The second-order valence-corrected chi connectivity index (χ2v) is 6.94. The number of nitrogens with one attached hydrogen (secondary N) is 3. The Morgan fingerprint density at radius 2 is 1.64 bits per heavy atom. The van der Waals surface area contributed by atoms with Gasteiger partial charge in [-0.25, -0.2) is 4.79 Å². The first kappa shape index (κ1) is 25.8. The van der Waals surface area contributed by atoms with Crippen molar-refractivity contribution in [2.75, 3.05) is 19.7 Å². The van der Waals surface area contributed by atoms with Gasteiger partial charge in [0.2, 0.25) is 17.7 Å². The Labute approximate surface area is 164 Å². The van der Waals surface area contributed by atoms with Crippen LogP contribution < -0.4 is 27.4 Å². The Hall–Kier alpha value is -2.24. The first-order valence-corrected chi connectivity index (χ1v) is 9.29. The summed E-state index contributed by atoms with van der Waals surface area (Å²) in [5.41, 5.74) is 10.9. The highest BCUT2D eigenvalue weighted by Gasteiger charge is 2.25. The first-order chi connectivity index (χ1) is 13.1. The molecule has 11 nitrogen and oxygen atoms in total. The number of hydrogen-bond donors (Lipinski definition) is 7. The fourth-order valence-corrected chi connectivity index (χ4v) is 2.35. The average molecular weight is 403 g/mol. The lowest BCUT2D eigenvalue weighted by Gasteiger charge is -2.21. The number of nitrogens with two attached hydrogens (primary N) is 2. The summed E-state index contributed by atoms with van der Waals surface area (Å²) in [6.45, 7) is 3.08. The van der Waals surface area contributed by atoms with E-state index < -0.39 is 55.0 Å². The molecule has 0 aromatic carbocycles. The summed E-state index contributed by atoms with van der Waals surface area (Å²) in [5, 5.41) is 25.2. The highest BCUT2D eigenvalue weighted by molar-refractivity contribution is 5.92. The zero-order valence-corrected chi connectivity index (χ0v) is 16.4. The number of carbonyl (C=O) groups is 4. The van der Waals surface area contributed by atoms with Gasteiger partial charge in [0, 0.05) is 0 Å². The molecule has 0 aliphatic rings. The smallest absolute Gasteiger partial charge is 0.326 e.